The van der Waals surface area contributed by atoms with Crippen molar-refractivity contribution in [3.8, 4) is 0 Å². The summed E-state index contributed by atoms with van der Waals surface area (Å²) in [5.41, 5.74) is 0. The van der Waals surface area contributed by atoms with Gasteiger partial charge < -0.3 is 33.8 Å². The lowest BCUT2D eigenvalue weighted by Crippen LogP contribution is -2.30. The predicted molar refractivity (Wildman–Crippen MR) is 391 cm³/mol. The summed E-state index contributed by atoms with van der Waals surface area (Å²) in [6, 6.07) is 0. The third-order valence-electron chi connectivity index (χ3n) is 18.1. The molecule has 96 heavy (non-hydrogen) atoms. The maximum atomic E-state index is 13.1. The zero-order chi connectivity index (χ0) is 70.4. The molecule has 0 bridgehead atoms. The smallest absolute Gasteiger partial charge is 0.462 e. The summed E-state index contributed by atoms with van der Waals surface area (Å²) in [7, 11) is -9.91. The second-order valence-corrected chi connectivity index (χ2v) is 30.7. The summed E-state index contributed by atoms with van der Waals surface area (Å²) in [4.78, 5) is 72.8. The van der Waals surface area contributed by atoms with Crippen molar-refractivity contribution in [1.82, 2.24) is 0 Å². The number of rotatable bonds is 78. The van der Waals surface area contributed by atoms with Crippen molar-refractivity contribution in [2.45, 2.75) is 431 Å². The first-order valence-corrected chi connectivity index (χ1v) is 43.3. The Labute approximate surface area is 588 Å². The zero-order valence-corrected chi connectivity index (χ0v) is 64.1. The molecule has 0 fully saturated rings. The third-order valence-corrected chi connectivity index (χ3v) is 20.0. The lowest BCUT2D eigenvalue weighted by atomic mass is 10.0. The molecule has 0 spiro atoms. The number of carbonyl (C=O) groups is 4. The third kappa shape index (κ3) is 70.5. The predicted octanol–water partition coefficient (Wildman–Crippen LogP) is 23.0. The van der Waals surface area contributed by atoms with Crippen LogP contribution in [-0.2, 0) is 65.4 Å². The van der Waals surface area contributed by atoms with Crippen molar-refractivity contribution >= 4 is 39.5 Å². The molecule has 0 radical (unpaired) electrons. The van der Waals surface area contributed by atoms with Crippen LogP contribution < -0.4 is 0 Å². The molecule has 5 atom stereocenters. The molecular formula is C77H150O17P2. The van der Waals surface area contributed by atoms with Crippen LogP contribution in [0.1, 0.15) is 413 Å². The van der Waals surface area contributed by atoms with E-state index in [2.05, 4.69) is 27.7 Å². The van der Waals surface area contributed by atoms with Crippen molar-refractivity contribution in [2.24, 2.45) is 0 Å². The molecule has 2 unspecified atom stereocenters. The van der Waals surface area contributed by atoms with Gasteiger partial charge in [-0.2, -0.15) is 0 Å². The fourth-order valence-electron chi connectivity index (χ4n) is 11.9. The molecule has 0 aliphatic carbocycles. The second kappa shape index (κ2) is 71.5. The summed E-state index contributed by atoms with van der Waals surface area (Å²) in [6.45, 7) is 4.98. The molecule has 0 aliphatic rings. The number of phosphoric acid groups is 2. The molecule has 0 aromatic rings. The van der Waals surface area contributed by atoms with E-state index >= 15 is 0 Å². The van der Waals surface area contributed by atoms with Gasteiger partial charge in [-0.05, 0) is 25.7 Å². The lowest BCUT2D eigenvalue weighted by molar-refractivity contribution is -0.161. The number of aliphatic hydroxyl groups is 1. The Morgan fingerprint density at radius 2 is 0.417 bits per heavy atom. The van der Waals surface area contributed by atoms with E-state index in [9.17, 15) is 43.2 Å². The molecule has 0 rings (SSSR count). The Hall–Kier alpha value is -1.94. The molecule has 0 aromatic carbocycles. The highest BCUT2D eigenvalue weighted by molar-refractivity contribution is 7.47. The molecule has 0 amide bonds. The maximum Gasteiger partial charge on any atom is 0.472 e. The van der Waals surface area contributed by atoms with Crippen LogP contribution >= 0.6 is 15.6 Å². The molecule has 570 valence electrons. The minimum atomic E-state index is -4.96. The minimum absolute atomic E-state index is 0.108. The Bertz CT molecular complexity index is 1830. The van der Waals surface area contributed by atoms with E-state index in [1.54, 1.807) is 0 Å². The molecule has 0 saturated heterocycles. The van der Waals surface area contributed by atoms with Gasteiger partial charge in [-0.25, -0.2) is 9.13 Å². The number of aliphatic hydroxyl groups excluding tert-OH is 1. The average Bonchev–Trinajstić information content (AvgIpc) is 1.58. The molecule has 0 heterocycles. The Kier molecular flexibility index (Phi) is 70.0. The van der Waals surface area contributed by atoms with Gasteiger partial charge in [-0.3, -0.25) is 37.3 Å². The maximum absolute atomic E-state index is 13.1. The van der Waals surface area contributed by atoms with Crippen LogP contribution in [0.25, 0.3) is 0 Å². The fraction of sp³-hybridized carbons (Fsp3) is 0.948. The highest BCUT2D eigenvalue weighted by atomic mass is 31.2. The van der Waals surface area contributed by atoms with Crippen LogP contribution in [0.4, 0.5) is 0 Å². The number of hydrogen-bond donors (Lipinski definition) is 3. The Morgan fingerprint density at radius 1 is 0.250 bits per heavy atom. The number of hydrogen-bond acceptors (Lipinski definition) is 15. The number of phosphoric ester groups is 2. The van der Waals surface area contributed by atoms with Gasteiger partial charge in [-0.1, -0.05) is 362 Å². The van der Waals surface area contributed by atoms with Gasteiger partial charge in [-0.15, -0.1) is 0 Å². The van der Waals surface area contributed by atoms with Crippen LogP contribution in [0.2, 0.25) is 0 Å². The van der Waals surface area contributed by atoms with Gasteiger partial charge in [0.2, 0.25) is 0 Å². The molecule has 3 N–H and O–H groups in total. The van der Waals surface area contributed by atoms with E-state index in [1.807, 2.05) is 0 Å². The SMILES string of the molecule is CCCCCCCCCCCCCCCCCCCCCCCCC(=O)O[C@H](COC(=O)CCCCCCCCCCCCCC)COP(=O)(O)OC[C@@H](O)COP(=O)(O)OC[C@@H](COC(=O)CCCCCCCCCCCC)OC(=O)CCCCCCCCCCCCCC. The summed E-state index contributed by atoms with van der Waals surface area (Å²) < 4.78 is 68.5. The Morgan fingerprint density at radius 3 is 0.615 bits per heavy atom. The number of unbranched alkanes of at least 4 members (excludes halogenated alkanes) is 52. The number of ether oxygens (including phenoxy) is 4. The van der Waals surface area contributed by atoms with Gasteiger partial charge in [0.1, 0.15) is 19.3 Å². The number of esters is 4. The molecule has 0 aromatic heterocycles. The molecule has 0 aliphatic heterocycles. The second-order valence-electron chi connectivity index (χ2n) is 27.7. The van der Waals surface area contributed by atoms with Crippen molar-refractivity contribution in [1.29, 1.82) is 0 Å². The zero-order valence-electron chi connectivity index (χ0n) is 62.4. The first kappa shape index (κ1) is 94.1. The first-order chi connectivity index (χ1) is 46.7. The summed E-state index contributed by atoms with van der Waals surface area (Å²) in [5, 5.41) is 10.6. The lowest BCUT2D eigenvalue weighted by Gasteiger charge is -2.21. The van der Waals surface area contributed by atoms with E-state index < -0.39 is 97.5 Å². The van der Waals surface area contributed by atoms with Crippen LogP contribution in [0.3, 0.4) is 0 Å². The molecule has 19 heteroatoms. The van der Waals surface area contributed by atoms with E-state index in [0.717, 1.165) is 89.9 Å². The van der Waals surface area contributed by atoms with Gasteiger partial charge in [0.25, 0.3) is 0 Å². The van der Waals surface area contributed by atoms with E-state index in [1.165, 1.54) is 244 Å². The van der Waals surface area contributed by atoms with E-state index in [0.29, 0.717) is 25.7 Å². The minimum Gasteiger partial charge on any atom is -0.462 e. The highest BCUT2D eigenvalue weighted by Gasteiger charge is 2.30. The van der Waals surface area contributed by atoms with Crippen LogP contribution in [0.15, 0.2) is 0 Å². The molecular weight excluding hydrogens is 1260 g/mol. The van der Waals surface area contributed by atoms with E-state index in [-0.39, 0.29) is 25.7 Å². The Balaban J connectivity index is 5.17. The molecule has 17 nitrogen and oxygen atoms in total. The molecule has 0 saturated carbocycles. The normalized spacial score (nSPS) is 13.9. The van der Waals surface area contributed by atoms with Crippen LogP contribution in [0, 0.1) is 0 Å². The standard InChI is InChI=1S/C77H150O17P2/c1-5-9-13-17-21-25-29-32-33-34-35-36-37-38-39-40-41-44-48-52-56-60-64-77(82)94-73(68-88-75(80)62-58-54-50-46-42-30-26-22-18-14-10-6-2)70-92-96(85,86)90-66-71(78)65-89-95(83,84)91-69-72(67-87-74(79)61-57-53-49-45-28-24-20-16-12-8-4)93-76(81)63-59-55-51-47-43-31-27-23-19-15-11-7-3/h71-73,78H,5-70H2,1-4H3,(H,83,84)(H,85,86)/t71-,72+,73+/m0/s1. The van der Waals surface area contributed by atoms with Gasteiger partial charge >= 0.3 is 39.5 Å². The summed E-state index contributed by atoms with van der Waals surface area (Å²) >= 11 is 0. The van der Waals surface area contributed by atoms with Gasteiger partial charge in [0, 0.05) is 25.7 Å². The van der Waals surface area contributed by atoms with Crippen molar-refractivity contribution < 1.29 is 80.2 Å². The van der Waals surface area contributed by atoms with Crippen LogP contribution in [-0.4, -0.2) is 96.7 Å². The monoisotopic (exact) mass is 1410 g/mol. The largest absolute Gasteiger partial charge is 0.472 e. The van der Waals surface area contributed by atoms with Gasteiger partial charge in [0.05, 0.1) is 26.4 Å². The topological polar surface area (TPSA) is 237 Å². The summed E-state index contributed by atoms with van der Waals surface area (Å²) in [5.74, 6) is -2.11. The van der Waals surface area contributed by atoms with E-state index in [4.69, 9.17) is 37.0 Å². The average molecular weight is 1410 g/mol. The number of carbonyl (C=O) groups excluding carboxylic acids is 4. The first-order valence-electron chi connectivity index (χ1n) is 40.3. The van der Waals surface area contributed by atoms with Gasteiger partial charge in [0.15, 0.2) is 12.2 Å². The summed E-state index contributed by atoms with van der Waals surface area (Å²) in [6.07, 6.45) is 62.4. The quantitative estimate of drug-likeness (QED) is 0.0222. The van der Waals surface area contributed by atoms with Crippen molar-refractivity contribution in [3.05, 3.63) is 0 Å². The van der Waals surface area contributed by atoms with Crippen molar-refractivity contribution in [3.63, 3.8) is 0 Å². The fourth-order valence-corrected chi connectivity index (χ4v) is 13.5. The van der Waals surface area contributed by atoms with Crippen LogP contribution in [0.5, 0.6) is 0 Å². The van der Waals surface area contributed by atoms with Crippen molar-refractivity contribution in [2.75, 3.05) is 39.6 Å². The highest BCUT2D eigenvalue weighted by Crippen LogP contribution is 2.45.